The molecule has 0 unspecified atom stereocenters. The molecule has 1 aromatic heterocycles. The number of para-hydroxylation sites is 2. The Kier molecular flexibility index (Phi) is 7.06. The third-order valence-corrected chi connectivity index (χ3v) is 5.70. The smallest absolute Gasteiger partial charge is 0.493 e. The fourth-order valence-electron chi connectivity index (χ4n) is 3.21. The number of carbonyl (C=O) groups excluding carboxylic acids is 2. The number of amides is 2. The summed E-state index contributed by atoms with van der Waals surface area (Å²) >= 11 is 0.778. The van der Waals surface area contributed by atoms with Crippen molar-refractivity contribution in [2.45, 2.75) is 6.36 Å². The molecule has 35 heavy (non-hydrogen) atoms. The quantitative estimate of drug-likeness (QED) is 0.349. The third kappa shape index (κ3) is 5.99. The van der Waals surface area contributed by atoms with E-state index in [0.717, 1.165) is 16.7 Å². The first-order valence-electron chi connectivity index (χ1n) is 10.2. The van der Waals surface area contributed by atoms with Crippen molar-refractivity contribution in [3.8, 4) is 28.6 Å². The molecule has 182 valence electrons. The number of furan rings is 1. The Bertz CT molecular complexity index is 1250. The predicted molar refractivity (Wildman–Crippen MR) is 122 cm³/mol. The zero-order valence-corrected chi connectivity index (χ0v) is 19.0. The molecule has 0 aliphatic carbocycles. The maximum atomic E-state index is 12.7. The van der Waals surface area contributed by atoms with Gasteiger partial charge >= 0.3 is 6.36 Å². The molecule has 7 nitrogen and oxygen atoms in total. The van der Waals surface area contributed by atoms with E-state index in [-0.39, 0.29) is 23.8 Å². The Morgan fingerprint density at radius 2 is 1.71 bits per heavy atom. The third-order valence-electron chi connectivity index (χ3n) is 4.79. The zero-order chi connectivity index (χ0) is 25.0. The molecule has 4 rings (SSSR count). The lowest BCUT2D eigenvalue weighted by Gasteiger charge is -2.14. The number of benzene rings is 2. The Balaban J connectivity index is 1.39. The molecule has 3 aromatic rings. The van der Waals surface area contributed by atoms with Gasteiger partial charge in [-0.2, -0.15) is 0 Å². The normalized spacial score (nSPS) is 15.1. The number of ether oxygens (including phenoxy) is 3. The van der Waals surface area contributed by atoms with Crippen LogP contribution >= 0.6 is 11.8 Å². The van der Waals surface area contributed by atoms with Crippen molar-refractivity contribution in [3.05, 3.63) is 71.3 Å². The summed E-state index contributed by atoms with van der Waals surface area (Å²) in [5.41, 5.74) is 0.515. The van der Waals surface area contributed by atoms with Gasteiger partial charge < -0.3 is 18.6 Å². The lowest BCUT2D eigenvalue weighted by molar-refractivity contribution is -0.274. The van der Waals surface area contributed by atoms with Gasteiger partial charge in [0, 0.05) is 11.6 Å². The number of carbonyl (C=O) groups is 2. The summed E-state index contributed by atoms with van der Waals surface area (Å²) < 4.78 is 57.3. The highest BCUT2D eigenvalue weighted by molar-refractivity contribution is 8.18. The molecule has 0 saturated carbocycles. The van der Waals surface area contributed by atoms with E-state index in [4.69, 9.17) is 13.9 Å². The number of alkyl halides is 3. The van der Waals surface area contributed by atoms with Crippen LogP contribution in [-0.4, -0.2) is 42.7 Å². The Labute approximate surface area is 202 Å². The first kappa shape index (κ1) is 24.3. The van der Waals surface area contributed by atoms with Crippen molar-refractivity contribution in [2.75, 3.05) is 20.3 Å². The first-order valence-corrected chi connectivity index (χ1v) is 11.0. The van der Waals surface area contributed by atoms with Crippen molar-refractivity contribution in [1.82, 2.24) is 4.90 Å². The van der Waals surface area contributed by atoms with E-state index in [0.29, 0.717) is 28.6 Å². The van der Waals surface area contributed by atoms with E-state index in [2.05, 4.69) is 4.74 Å². The minimum Gasteiger partial charge on any atom is -0.493 e. The van der Waals surface area contributed by atoms with Gasteiger partial charge in [-0.05, 0) is 60.3 Å². The minimum atomic E-state index is -4.77. The maximum absolute atomic E-state index is 12.7. The van der Waals surface area contributed by atoms with Crippen LogP contribution in [0, 0.1) is 0 Å². The molecule has 1 fully saturated rings. The molecule has 1 aliphatic rings. The Hall–Kier alpha value is -3.86. The molecule has 0 spiro atoms. The van der Waals surface area contributed by atoms with Gasteiger partial charge in [-0.3, -0.25) is 14.5 Å². The van der Waals surface area contributed by atoms with E-state index in [1.807, 2.05) is 0 Å². The van der Waals surface area contributed by atoms with Gasteiger partial charge in [-0.25, -0.2) is 0 Å². The van der Waals surface area contributed by atoms with E-state index in [9.17, 15) is 22.8 Å². The average Bonchev–Trinajstić information content (AvgIpc) is 3.39. The summed E-state index contributed by atoms with van der Waals surface area (Å²) in [6, 6.07) is 15.4. The van der Waals surface area contributed by atoms with Gasteiger partial charge in [0.15, 0.2) is 11.5 Å². The fraction of sp³-hybridized carbons (Fsp3) is 0.167. The van der Waals surface area contributed by atoms with Gasteiger partial charge in [-0.15, -0.1) is 13.2 Å². The Morgan fingerprint density at radius 3 is 2.40 bits per heavy atom. The second-order valence-electron chi connectivity index (χ2n) is 7.11. The SMILES string of the molecule is COc1ccccc1OCCN1C(=O)S/C(=C\c2ccc(-c3ccc(OC(F)(F)F)cc3)o2)C1=O. The number of nitrogens with zero attached hydrogens (tertiary/aromatic N) is 1. The molecule has 0 atom stereocenters. The highest BCUT2D eigenvalue weighted by Crippen LogP contribution is 2.34. The first-order chi connectivity index (χ1) is 16.7. The largest absolute Gasteiger partial charge is 0.573 e. The number of hydrogen-bond acceptors (Lipinski definition) is 7. The second-order valence-corrected chi connectivity index (χ2v) is 8.10. The van der Waals surface area contributed by atoms with Crippen molar-refractivity contribution >= 4 is 29.0 Å². The number of hydrogen-bond donors (Lipinski definition) is 0. The molecule has 2 heterocycles. The molecule has 0 radical (unpaired) electrons. The average molecular weight is 505 g/mol. The number of imide groups is 1. The number of thioether (sulfide) groups is 1. The Morgan fingerprint density at radius 1 is 1.00 bits per heavy atom. The van der Waals surface area contributed by atoms with Crippen molar-refractivity contribution in [2.24, 2.45) is 0 Å². The topological polar surface area (TPSA) is 78.2 Å². The number of rotatable bonds is 8. The minimum absolute atomic E-state index is 0.0514. The van der Waals surface area contributed by atoms with Gasteiger partial charge in [0.25, 0.3) is 11.1 Å². The van der Waals surface area contributed by atoms with Crippen molar-refractivity contribution in [3.63, 3.8) is 0 Å². The van der Waals surface area contributed by atoms with Gasteiger partial charge in [0.05, 0.1) is 18.6 Å². The van der Waals surface area contributed by atoms with E-state index in [1.165, 1.54) is 37.5 Å². The predicted octanol–water partition coefficient (Wildman–Crippen LogP) is 5.97. The van der Waals surface area contributed by atoms with E-state index < -0.39 is 17.5 Å². The van der Waals surface area contributed by atoms with Crippen LogP contribution in [-0.2, 0) is 4.79 Å². The summed E-state index contributed by atoms with van der Waals surface area (Å²) in [4.78, 5) is 26.3. The highest BCUT2D eigenvalue weighted by Gasteiger charge is 2.35. The molecule has 11 heteroatoms. The molecule has 0 N–H and O–H groups in total. The van der Waals surface area contributed by atoms with Crippen LogP contribution in [0.25, 0.3) is 17.4 Å². The fourth-order valence-corrected chi connectivity index (χ4v) is 4.06. The summed E-state index contributed by atoms with van der Waals surface area (Å²) in [6.07, 6.45) is -3.33. The van der Waals surface area contributed by atoms with Gasteiger partial charge in [0.1, 0.15) is 23.9 Å². The molecular weight excluding hydrogens is 487 g/mol. The number of halogens is 3. The van der Waals surface area contributed by atoms with Crippen LogP contribution in [0.5, 0.6) is 17.2 Å². The molecule has 2 amide bonds. The standard InChI is InChI=1S/C24H18F3NO6S/c1-31-19-4-2-3-5-20(19)32-13-12-28-22(29)21(35-23(28)30)14-17-10-11-18(33-17)15-6-8-16(9-7-15)34-24(25,26)27/h2-11,14H,12-13H2,1H3/b21-14-. The molecular formula is C24H18F3NO6S. The van der Waals surface area contributed by atoms with E-state index >= 15 is 0 Å². The van der Waals surface area contributed by atoms with Crippen LogP contribution in [0.2, 0.25) is 0 Å². The molecule has 0 bridgehead atoms. The van der Waals surface area contributed by atoms with Crippen LogP contribution in [0.3, 0.4) is 0 Å². The monoisotopic (exact) mass is 505 g/mol. The number of methoxy groups -OCH3 is 1. The summed E-state index contributed by atoms with van der Waals surface area (Å²) in [6.45, 7) is 0.139. The molecule has 1 aliphatic heterocycles. The second kappa shape index (κ2) is 10.2. The lowest BCUT2D eigenvalue weighted by Crippen LogP contribution is -2.32. The van der Waals surface area contributed by atoms with Crippen molar-refractivity contribution < 1.29 is 41.4 Å². The maximum Gasteiger partial charge on any atom is 0.573 e. The van der Waals surface area contributed by atoms with Crippen LogP contribution in [0.15, 0.2) is 70.0 Å². The van der Waals surface area contributed by atoms with Crippen LogP contribution < -0.4 is 14.2 Å². The van der Waals surface area contributed by atoms with E-state index in [1.54, 1.807) is 36.4 Å². The van der Waals surface area contributed by atoms with Gasteiger partial charge in [0.2, 0.25) is 0 Å². The lowest BCUT2D eigenvalue weighted by atomic mass is 10.2. The van der Waals surface area contributed by atoms with Crippen molar-refractivity contribution in [1.29, 1.82) is 0 Å². The summed E-state index contributed by atoms with van der Waals surface area (Å²) in [7, 11) is 1.51. The van der Waals surface area contributed by atoms with Crippen LogP contribution in [0.4, 0.5) is 18.0 Å². The summed E-state index contributed by atoms with van der Waals surface area (Å²) in [5, 5.41) is -0.433. The van der Waals surface area contributed by atoms with Crippen LogP contribution in [0.1, 0.15) is 5.76 Å². The molecule has 2 aromatic carbocycles. The molecule has 1 saturated heterocycles. The zero-order valence-electron chi connectivity index (χ0n) is 18.2. The highest BCUT2D eigenvalue weighted by atomic mass is 32.2. The summed E-state index contributed by atoms with van der Waals surface area (Å²) in [5.74, 6) is 0.897. The van der Waals surface area contributed by atoms with Gasteiger partial charge in [-0.1, -0.05) is 12.1 Å².